The topological polar surface area (TPSA) is 83.9 Å². The van der Waals surface area contributed by atoms with Gasteiger partial charge in [-0.3, -0.25) is 9.59 Å². The Hall–Kier alpha value is -2.52. The maximum atomic E-state index is 13.1. The van der Waals surface area contributed by atoms with Gasteiger partial charge in [-0.15, -0.1) is 0 Å². The number of halogens is 1. The van der Waals surface area contributed by atoms with Crippen LogP contribution in [0, 0.1) is 5.82 Å². The third kappa shape index (κ3) is 4.32. The minimum Gasteiger partial charge on any atom is -0.316 e. The second-order valence-corrected chi connectivity index (χ2v) is 10.7. The van der Waals surface area contributed by atoms with E-state index in [1.165, 1.54) is 43.0 Å². The summed E-state index contributed by atoms with van der Waals surface area (Å²) in [5, 5.41) is 0.238. The summed E-state index contributed by atoms with van der Waals surface area (Å²) in [5.74, 6) is -0.808. The van der Waals surface area contributed by atoms with E-state index in [2.05, 4.69) is 4.99 Å². The van der Waals surface area contributed by atoms with E-state index in [-0.39, 0.29) is 40.8 Å². The van der Waals surface area contributed by atoms with Crippen molar-refractivity contribution in [1.82, 2.24) is 0 Å². The smallest absolute Gasteiger partial charge is 0.252 e. The molecule has 2 aromatic carbocycles. The Labute approximate surface area is 178 Å². The molecule has 0 radical (unpaired) electrons. The normalized spacial score (nSPS) is 23.5. The summed E-state index contributed by atoms with van der Waals surface area (Å²) >= 11 is 1.29. The lowest BCUT2D eigenvalue weighted by molar-refractivity contribution is -0.117. The standard InChI is InChI=1S/C21H19FN2O4S2/c1-13(25)15-4-8-17(9-5-15)24-18-11-30(27,28)12-19(18)29-21(24)23-20(26)10-14-2-6-16(22)7-3-14/h2-9,18-19H,10-12H2,1H3/t18-,19+/m1/s1. The van der Waals surface area contributed by atoms with Crippen LogP contribution in [0.5, 0.6) is 0 Å². The van der Waals surface area contributed by atoms with Crippen LogP contribution in [0.4, 0.5) is 10.1 Å². The van der Waals surface area contributed by atoms with Crippen LogP contribution in [-0.4, -0.2) is 48.1 Å². The van der Waals surface area contributed by atoms with Gasteiger partial charge in [0.25, 0.3) is 5.91 Å². The molecule has 156 valence electrons. The molecule has 1 amide bonds. The number of amidine groups is 1. The Bertz CT molecular complexity index is 1130. The van der Waals surface area contributed by atoms with Crippen LogP contribution >= 0.6 is 11.8 Å². The molecule has 2 heterocycles. The van der Waals surface area contributed by atoms with Crippen molar-refractivity contribution in [2.45, 2.75) is 24.6 Å². The number of anilines is 1. The highest BCUT2D eigenvalue weighted by atomic mass is 32.2. The van der Waals surface area contributed by atoms with Crippen LogP contribution in [0.3, 0.4) is 0 Å². The third-order valence-electron chi connectivity index (χ3n) is 5.11. The Balaban J connectivity index is 1.63. The number of amides is 1. The fraction of sp³-hybridized carbons (Fsp3) is 0.286. The zero-order valence-corrected chi connectivity index (χ0v) is 17.7. The summed E-state index contributed by atoms with van der Waals surface area (Å²) in [7, 11) is -3.16. The van der Waals surface area contributed by atoms with Crippen molar-refractivity contribution >= 4 is 44.1 Å². The molecule has 2 aromatic rings. The number of benzene rings is 2. The van der Waals surface area contributed by atoms with Gasteiger partial charge in [-0.05, 0) is 48.9 Å². The number of rotatable bonds is 4. The van der Waals surface area contributed by atoms with E-state index in [4.69, 9.17) is 0 Å². The molecule has 2 atom stereocenters. The predicted molar refractivity (Wildman–Crippen MR) is 115 cm³/mol. The fourth-order valence-electron chi connectivity index (χ4n) is 3.65. The third-order valence-corrected chi connectivity index (χ3v) is 8.32. The van der Waals surface area contributed by atoms with Gasteiger partial charge in [0.2, 0.25) is 0 Å². The minimum absolute atomic E-state index is 0.00962. The van der Waals surface area contributed by atoms with Crippen molar-refractivity contribution in [2.24, 2.45) is 4.99 Å². The second-order valence-electron chi connectivity index (χ2n) is 7.36. The minimum atomic E-state index is -3.16. The lowest BCUT2D eigenvalue weighted by atomic mass is 10.1. The first-order valence-corrected chi connectivity index (χ1v) is 12.1. The van der Waals surface area contributed by atoms with Gasteiger partial charge in [0.05, 0.1) is 24.0 Å². The van der Waals surface area contributed by atoms with E-state index in [1.807, 2.05) is 0 Å². The molecule has 2 fully saturated rings. The molecule has 0 saturated carbocycles. The zero-order valence-electron chi connectivity index (χ0n) is 16.1. The first kappa shape index (κ1) is 20.7. The molecule has 30 heavy (non-hydrogen) atoms. The van der Waals surface area contributed by atoms with Gasteiger partial charge in [0.15, 0.2) is 20.8 Å². The van der Waals surface area contributed by atoms with Crippen molar-refractivity contribution in [1.29, 1.82) is 0 Å². The summed E-state index contributed by atoms with van der Waals surface area (Å²) in [5.41, 5.74) is 1.88. The molecule has 6 nitrogen and oxygen atoms in total. The van der Waals surface area contributed by atoms with E-state index >= 15 is 0 Å². The quantitative estimate of drug-likeness (QED) is 0.672. The van der Waals surface area contributed by atoms with Crippen molar-refractivity contribution in [3.05, 3.63) is 65.5 Å². The molecule has 4 rings (SSSR count). The maximum absolute atomic E-state index is 13.1. The van der Waals surface area contributed by atoms with Gasteiger partial charge < -0.3 is 4.90 Å². The van der Waals surface area contributed by atoms with Crippen LogP contribution < -0.4 is 4.90 Å². The number of thioether (sulfide) groups is 1. The maximum Gasteiger partial charge on any atom is 0.252 e. The summed E-state index contributed by atoms with van der Waals surface area (Å²) in [4.78, 5) is 30.1. The predicted octanol–water partition coefficient (Wildman–Crippen LogP) is 2.87. The largest absolute Gasteiger partial charge is 0.316 e. The lowest BCUT2D eigenvalue weighted by Gasteiger charge is -2.24. The number of hydrogen-bond acceptors (Lipinski definition) is 5. The highest BCUT2D eigenvalue weighted by Gasteiger charge is 2.49. The molecule has 0 spiro atoms. The monoisotopic (exact) mass is 446 g/mol. The average Bonchev–Trinajstić information content (AvgIpc) is 3.14. The van der Waals surface area contributed by atoms with E-state index in [0.29, 0.717) is 22.0 Å². The molecule has 2 aliphatic heterocycles. The number of hydrogen-bond donors (Lipinski definition) is 0. The second kappa shape index (κ2) is 7.96. The van der Waals surface area contributed by atoms with Gasteiger partial charge in [0.1, 0.15) is 5.82 Å². The van der Waals surface area contributed by atoms with Crippen LogP contribution in [-0.2, 0) is 21.1 Å². The lowest BCUT2D eigenvalue weighted by Crippen LogP contribution is -2.37. The molecule has 0 aliphatic carbocycles. The summed E-state index contributed by atoms with van der Waals surface area (Å²) in [6.07, 6.45) is 0.0229. The van der Waals surface area contributed by atoms with Crippen LogP contribution in [0.25, 0.3) is 0 Å². The van der Waals surface area contributed by atoms with E-state index in [9.17, 15) is 22.4 Å². The number of Topliss-reactive ketones (excluding diaryl/α,β-unsaturated/α-hetero) is 1. The van der Waals surface area contributed by atoms with E-state index < -0.39 is 15.7 Å². The Morgan fingerprint density at radius 1 is 1.10 bits per heavy atom. The van der Waals surface area contributed by atoms with E-state index in [1.54, 1.807) is 29.2 Å². The Kier molecular flexibility index (Phi) is 5.50. The van der Waals surface area contributed by atoms with Crippen molar-refractivity contribution in [2.75, 3.05) is 16.4 Å². The average molecular weight is 447 g/mol. The Morgan fingerprint density at radius 3 is 2.40 bits per heavy atom. The molecular weight excluding hydrogens is 427 g/mol. The number of aliphatic imine (C=N–C) groups is 1. The number of nitrogens with zero attached hydrogens (tertiary/aromatic N) is 2. The molecule has 2 saturated heterocycles. The molecule has 0 unspecified atom stereocenters. The van der Waals surface area contributed by atoms with Gasteiger partial charge in [0, 0.05) is 16.5 Å². The van der Waals surface area contributed by atoms with Crippen molar-refractivity contribution < 1.29 is 22.4 Å². The van der Waals surface area contributed by atoms with Gasteiger partial charge in [-0.2, -0.15) is 4.99 Å². The number of fused-ring (bicyclic) bond motifs is 1. The van der Waals surface area contributed by atoms with Gasteiger partial charge in [-0.25, -0.2) is 12.8 Å². The van der Waals surface area contributed by atoms with Crippen LogP contribution in [0.2, 0.25) is 0 Å². The molecule has 0 N–H and O–H groups in total. The van der Waals surface area contributed by atoms with Crippen molar-refractivity contribution in [3.8, 4) is 0 Å². The molecule has 9 heteroatoms. The molecular formula is C21H19FN2O4S2. The van der Waals surface area contributed by atoms with Crippen molar-refractivity contribution in [3.63, 3.8) is 0 Å². The van der Waals surface area contributed by atoms with Gasteiger partial charge >= 0.3 is 0 Å². The first-order chi connectivity index (χ1) is 14.2. The number of sulfone groups is 1. The van der Waals surface area contributed by atoms with Crippen LogP contribution in [0.15, 0.2) is 53.5 Å². The summed E-state index contributed by atoms with van der Waals surface area (Å²) < 4.78 is 37.4. The summed E-state index contributed by atoms with van der Waals surface area (Å²) in [6.45, 7) is 1.47. The summed E-state index contributed by atoms with van der Waals surface area (Å²) in [6, 6.07) is 12.2. The number of ketones is 1. The van der Waals surface area contributed by atoms with E-state index in [0.717, 1.165) is 0 Å². The van der Waals surface area contributed by atoms with Gasteiger partial charge in [-0.1, -0.05) is 23.9 Å². The highest BCUT2D eigenvalue weighted by molar-refractivity contribution is 8.16. The first-order valence-electron chi connectivity index (χ1n) is 9.35. The number of carbonyl (C=O) groups excluding carboxylic acids is 2. The number of carbonyl (C=O) groups is 2. The Morgan fingerprint density at radius 2 is 1.77 bits per heavy atom. The fourth-order valence-corrected chi connectivity index (χ4v) is 7.58. The van der Waals surface area contributed by atoms with Crippen LogP contribution in [0.1, 0.15) is 22.8 Å². The molecule has 0 aromatic heterocycles. The highest BCUT2D eigenvalue weighted by Crippen LogP contribution is 2.41. The molecule has 2 aliphatic rings. The zero-order chi connectivity index (χ0) is 21.5. The molecule has 0 bridgehead atoms. The SMILES string of the molecule is CC(=O)c1ccc(N2C(=NC(=O)Cc3ccc(F)cc3)S[C@H]3CS(=O)(=O)C[C@H]32)cc1.